The second kappa shape index (κ2) is 6.14. The molecule has 0 saturated heterocycles. The average Bonchev–Trinajstić information content (AvgIpc) is 2.31. The topological polar surface area (TPSA) is 72.2 Å². The molecule has 6 heteroatoms. The van der Waals surface area contributed by atoms with Gasteiger partial charge in [0, 0.05) is 17.1 Å². The van der Waals surface area contributed by atoms with Gasteiger partial charge in [0.2, 0.25) is 10.0 Å². The number of hydrogen-bond donors (Lipinski definition) is 2. The van der Waals surface area contributed by atoms with Crippen molar-refractivity contribution in [3.8, 4) is 0 Å². The highest BCUT2D eigenvalue weighted by Gasteiger charge is 2.20. The molecular weight excluding hydrogens is 316 g/mol. The minimum Gasteiger partial charge on any atom is -0.326 e. The van der Waals surface area contributed by atoms with Gasteiger partial charge in [-0.2, -0.15) is 0 Å². The molecule has 1 unspecified atom stereocenters. The van der Waals surface area contributed by atoms with Crippen LogP contribution in [0.15, 0.2) is 21.5 Å². The van der Waals surface area contributed by atoms with Crippen LogP contribution in [-0.2, 0) is 16.6 Å². The predicted molar refractivity (Wildman–Crippen MR) is 76.8 cm³/mol. The van der Waals surface area contributed by atoms with Crippen LogP contribution in [0.5, 0.6) is 0 Å². The van der Waals surface area contributed by atoms with Gasteiger partial charge in [0.1, 0.15) is 0 Å². The van der Waals surface area contributed by atoms with Crippen LogP contribution in [-0.4, -0.2) is 14.5 Å². The summed E-state index contributed by atoms with van der Waals surface area (Å²) in [6.07, 6.45) is 0.746. The largest absolute Gasteiger partial charge is 0.326 e. The van der Waals surface area contributed by atoms with E-state index in [4.69, 9.17) is 5.73 Å². The molecular formula is C12H19BrN2O2S. The number of nitrogens with one attached hydrogen (secondary N) is 1. The predicted octanol–water partition coefficient (Wildman–Crippen LogP) is 2.29. The van der Waals surface area contributed by atoms with Crippen LogP contribution in [0.1, 0.15) is 31.4 Å². The van der Waals surface area contributed by atoms with Gasteiger partial charge in [0.15, 0.2) is 0 Å². The smallest absolute Gasteiger partial charge is 0.241 e. The number of benzene rings is 1. The average molecular weight is 335 g/mol. The van der Waals surface area contributed by atoms with Gasteiger partial charge in [-0.3, -0.25) is 0 Å². The zero-order valence-corrected chi connectivity index (χ0v) is 13.2. The molecule has 3 N–H and O–H groups in total. The summed E-state index contributed by atoms with van der Waals surface area (Å²) in [7, 11) is -3.49. The fraction of sp³-hybridized carbons (Fsp3) is 0.500. The lowest BCUT2D eigenvalue weighted by atomic mass is 10.1. The van der Waals surface area contributed by atoms with Crippen molar-refractivity contribution in [3.63, 3.8) is 0 Å². The van der Waals surface area contributed by atoms with Crippen molar-refractivity contribution < 1.29 is 8.42 Å². The van der Waals surface area contributed by atoms with Crippen LogP contribution in [0.2, 0.25) is 0 Å². The van der Waals surface area contributed by atoms with Gasteiger partial charge in [-0.15, -0.1) is 0 Å². The molecule has 1 atom stereocenters. The third kappa shape index (κ3) is 3.54. The lowest BCUT2D eigenvalue weighted by Gasteiger charge is -2.15. The number of rotatable bonds is 5. The SMILES string of the molecule is CCC(C)NS(=O)(=O)c1cc(CN)cc(Br)c1C. The van der Waals surface area contributed by atoms with Crippen LogP contribution in [0.4, 0.5) is 0 Å². The molecule has 0 spiro atoms. The number of sulfonamides is 1. The van der Waals surface area contributed by atoms with Crippen molar-refractivity contribution in [3.05, 3.63) is 27.7 Å². The summed E-state index contributed by atoms with van der Waals surface area (Å²) in [5.41, 5.74) is 7.06. The zero-order valence-electron chi connectivity index (χ0n) is 10.8. The van der Waals surface area contributed by atoms with E-state index < -0.39 is 10.0 Å². The highest BCUT2D eigenvalue weighted by Crippen LogP contribution is 2.25. The van der Waals surface area contributed by atoms with Gasteiger partial charge >= 0.3 is 0 Å². The van der Waals surface area contributed by atoms with E-state index in [1.807, 2.05) is 19.9 Å². The standard InChI is InChI=1S/C12H19BrN2O2S/c1-4-8(2)15-18(16,17)12-6-10(7-14)5-11(13)9(12)3/h5-6,8,15H,4,7,14H2,1-3H3. The Labute approximate surface area is 117 Å². The molecule has 0 aliphatic heterocycles. The molecule has 1 aromatic carbocycles. The fourth-order valence-electron chi connectivity index (χ4n) is 1.52. The molecule has 0 saturated carbocycles. The summed E-state index contributed by atoms with van der Waals surface area (Å²) in [6.45, 7) is 5.86. The summed E-state index contributed by atoms with van der Waals surface area (Å²) in [5, 5.41) is 0. The molecule has 0 aliphatic carbocycles. The van der Waals surface area contributed by atoms with Crippen molar-refractivity contribution in [1.82, 2.24) is 4.72 Å². The highest BCUT2D eigenvalue weighted by atomic mass is 79.9. The molecule has 0 aliphatic rings. The minimum absolute atomic E-state index is 0.0882. The maximum atomic E-state index is 12.3. The van der Waals surface area contributed by atoms with E-state index in [9.17, 15) is 8.42 Å². The van der Waals surface area contributed by atoms with Crippen molar-refractivity contribution in [2.24, 2.45) is 5.73 Å². The quantitative estimate of drug-likeness (QED) is 0.867. The van der Waals surface area contributed by atoms with E-state index in [0.717, 1.165) is 16.5 Å². The van der Waals surface area contributed by atoms with E-state index in [2.05, 4.69) is 20.7 Å². The van der Waals surface area contributed by atoms with E-state index in [1.54, 1.807) is 13.0 Å². The summed E-state index contributed by atoms with van der Waals surface area (Å²) < 4.78 is 28.0. The Morgan fingerprint density at radius 2 is 2.06 bits per heavy atom. The molecule has 0 fully saturated rings. The third-order valence-electron chi connectivity index (χ3n) is 2.85. The van der Waals surface area contributed by atoms with Crippen LogP contribution < -0.4 is 10.5 Å². The monoisotopic (exact) mass is 334 g/mol. The maximum Gasteiger partial charge on any atom is 0.241 e. The van der Waals surface area contributed by atoms with Crippen molar-refractivity contribution in [2.45, 2.75) is 44.7 Å². The minimum atomic E-state index is -3.49. The Kier molecular flexibility index (Phi) is 5.33. The summed E-state index contributed by atoms with van der Waals surface area (Å²) >= 11 is 3.37. The van der Waals surface area contributed by atoms with Crippen LogP contribution in [0.3, 0.4) is 0 Å². The molecule has 18 heavy (non-hydrogen) atoms. The Morgan fingerprint density at radius 3 is 2.56 bits per heavy atom. The second-order valence-corrected chi connectivity index (χ2v) is 6.87. The van der Waals surface area contributed by atoms with Gasteiger partial charge in [0.05, 0.1) is 4.90 Å². The summed E-state index contributed by atoms with van der Waals surface area (Å²) in [4.78, 5) is 0.289. The van der Waals surface area contributed by atoms with E-state index >= 15 is 0 Å². The van der Waals surface area contributed by atoms with Gasteiger partial charge in [-0.1, -0.05) is 22.9 Å². The Hall–Kier alpha value is -0.430. The number of halogens is 1. The highest BCUT2D eigenvalue weighted by molar-refractivity contribution is 9.10. The molecule has 4 nitrogen and oxygen atoms in total. The molecule has 0 amide bonds. The Balaban J connectivity index is 3.27. The van der Waals surface area contributed by atoms with Gasteiger partial charge in [0.25, 0.3) is 0 Å². The van der Waals surface area contributed by atoms with Gasteiger partial charge < -0.3 is 5.73 Å². The first-order valence-electron chi connectivity index (χ1n) is 5.83. The maximum absolute atomic E-state index is 12.3. The molecule has 0 bridgehead atoms. The summed E-state index contributed by atoms with van der Waals surface area (Å²) in [6, 6.07) is 3.39. The first kappa shape index (κ1) is 15.6. The van der Waals surface area contributed by atoms with Gasteiger partial charge in [-0.05, 0) is 43.5 Å². The van der Waals surface area contributed by atoms with E-state index in [-0.39, 0.29) is 10.9 Å². The van der Waals surface area contributed by atoms with Gasteiger partial charge in [-0.25, -0.2) is 13.1 Å². The number of nitrogens with two attached hydrogens (primary N) is 1. The lowest BCUT2D eigenvalue weighted by molar-refractivity contribution is 0.555. The first-order valence-corrected chi connectivity index (χ1v) is 8.10. The molecule has 1 rings (SSSR count). The second-order valence-electron chi connectivity index (χ2n) is 4.34. The third-order valence-corrected chi connectivity index (χ3v) is 5.39. The molecule has 0 heterocycles. The first-order chi connectivity index (χ1) is 8.31. The molecule has 1 aromatic rings. The summed E-state index contributed by atoms with van der Waals surface area (Å²) in [5.74, 6) is 0. The molecule has 0 radical (unpaired) electrons. The van der Waals surface area contributed by atoms with E-state index in [0.29, 0.717) is 12.1 Å². The normalized spacial score (nSPS) is 13.6. The van der Waals surface area contributed by atoms with Crippen LogP contribution in [0.25, 0.3) is 0 Å². The van der Waals surface area contributed by atoms with E-state index in [1.165, 1.54) is 0 Å². The fourth-order valence-corrected chi connectivity index (χ4v) is 3.80. The van der Waals surface area contributed by atoms with Crippen LogP contribution >= 0.6 is 15.9 Å². The number of hydrogen-bond acceptors (Lipinski definition) is 3. The van der Waals surface area contributed by atoms with Crippen molar-refractivity contribution in [2.75, 3.05) is 0 Å². The zero-order chi connectivity index (χ0) is 13.9. The van der Waals surface area contributed by atoms with Crippen molar-refractivity contribution >= 4 is 26.0 Å². The molecule has 102 valence electrons. The van der Waals surface area contributed by atoms with Crippen molar-refractivity contribution in [1.29, 1.82) is 0 Å². The van der Waals surface area contributed by atoms with Crippen LogP contribution in [0, 0.1) is 6.92 Å². The Bertz CT molecular complexity index is 529. The molecule has 0 aromatic heterocycles. The lowest BCUT2D eigenvalue weighted by Crippen LogP contribution is -2.32. The Morgan fingerprint density at radius 1 is 1.44 bits per heavy atom.